The number of pyridine rings is 1. The van der Waals surface area contributed by atoms with Crippen molar-refractivity contribution in [1.82, 2.24) is 4.98 Å². The Kier molecular flexibility index (Phi) is 3.22. The molecular weight excluding hydrogens is 194 g/mol. The van der Waals surface area contributed by atoms with Gasteiger partial charge in [0.1, 0.15) is 5.15 Å². The number of rotatable bonds is 3. The average molecular weight is 202 g/mol. The molecule has 0 saturated heterocycles. The van der Waals surface area contributed by atoms with E-state index < -0.39 is 12.1 Å². The van der Waals surface area contributed by atoms with Crippen LogP contribution in [-0.4, -0.2) is 27.3 Å². The van der Waals surface area contributed by atoms with Gasteiger partial charge < -0.3 is 10.2 Å². The minimum Gasteiger partial charge on any atom is -0.479 e. The lowest BCUT2D eigenvalue weighted by atomic mass is 10.2. The first-order valence-electron chi connectivity index (χ1n) is 3.62. The van der Waals surface area contributed by atoms with Crippen LogP contribution < -0.4 is 0 Å². The summed E-state index contributed by atoms with van der Waals surface area (Å²) in [6.45, 7) is 0. The van der Waals surface area contributed by atoms with Gasteiger partial charge in [-0.3, -0.25) is 0 Å². The number of hydrogen-bond acceptors (Lipinski definition) is 3. The van der Waals surface area contributed by atoms with Gasteiger partial charge in [-0.1, -0.05) is 17.7 Å². The molecule has 4 nitrogen and oxygen atoms in total. The highest BCUT2D eigenvalue weighted by atomic mass is 35.5. The number of aliphatic carboxylic acids is 1. The topological polar surface area (TPSA) is 70.4 Å². The fraction of sp³-hybridized carbons (Fsp3) is 0.250. The predicted molar refractivity (Wildman–Crippen MR) is 46.6 cm³/mol. The molecule has 0 spiro atoms. The normalized spacial score (nSPS) is 12.5. The lowest BCUT2D eigenvalue weighted by molar-refractivity contribution is -0.146. The molecule has 0 saturated carbocycles. The number of carbonyl (C=O) groups is 1. The highest BCUT2D eigenvalue weighted by Gasteiger charge is 2.14. The Hall–Kier alpha value is -1.13. The first-order valence-corrected chi connectivity index (χ1v) is 3.99. The number of carboxylic acid groups (broad SMARTS) is 1. The molecule has 1 heterocycles. The Balaban J connectivity index is 2.69. The van der Waals surface area contributed by atoms with E-state index in [1.54, 1.807) is 18.2 Å². The Morgan fingerprint density at radius 3 is 2.85 bits per heavy atom. The molecule has 0 aromatic carbocycles. The van der Waals surface area contributed by atoms with Gasteiger partial charge in [0.2, 0.25) is 0 Å². The molecule has 2 N–H and O–H groups in total. The van der Waals surface area contributed by atoms with E-state index >= 15 is 0 Å². The van der Waals surface area contributed by atoms with Crippen LogP contribution in [0.25, 0.3) is 0 Å². The maximum absolute atomic E-state index is 10.3. The monoisotopic (exact) mass is 201 g/mol. The van der Waals surface area contributed by atoms with Crippen LogP contribution >= 0.6 is 11.6 Å². The second-order valence-corrected chi connectivity index (χ2v) is 2.90. The number of carboxylic acids is 1. The lowest BCUT2D eigenvalue weighted by Crippen LogP contribution is -2.22. The van der Waals surface area contributed by atoms with E-state index in [9.17, 15) is 4.79 Å². The standard InChI is InChI=1S/C8H8ClNO3/c9-7-3-1-2-5(10-7)4-6(11)8(12)13/h1-3,6,11H,4H2,(H,12,13). The van der Waals surface area contributed by atoms with E-state index in [0.29, 0.717) is 5.69 Å². The Morgan fingerprint density at radius 1 is 1.62 bits per heavy atom. The van der Waals surface area contributed by atoms with Crippen molar-refractivity contribution in [3.8, 4) is 0 Å². The minimum absolute atomic E-state index is 0.0319. The molecule has 13 heavy (non-hydrogen) atoms. The van der Waals surface area contributed by atoms with Crippen LogP contribution in [0.1, 0.15) is 5.69 Å². The third-order valence-corrected chi connectivity index (χ3v) is 1.67. The van der Waals surface area contributed by atoms with Gasteiger partial charge in [-0.25, -0.2) is 9.78 Å². The zero-order valence-corrected chi connectivity index (χ0v) is 7.40. The van der Waals surface area contributed by atoms with Crippen LogP contribution in [0.4, 0.5) is 0 Å². The quantitative estimate of drug-likeness (QED) is 0.708. The van der Waals surface area contributed by atoms with Crippen molar-refractivity contribution in [2.75, 3.05) is 0 Å². The molecule has 1 aromatic rings. The summed E-state index contributed by atoms with van der Waals surface area (Å²) in [6, 6.07) is 4.84. The SMILES string of the molecule is O=C(O)C(O)Cc1cccc(Cl)n1. The number of aliphatic hydroxyl groups excluding tert-OH is 1. The van der Waals surface area contributed by atoms with Crippen molar-refractivity contribution >= 4 is 17.6 Å². The molecule has 1 atom stereocenters. The zero-order chi connectivity index (χ0) is 9.84. The van der Waals surface area contributed by atoms with E-state index in [2.05, 4.69) is 4.98 Å². The summed E-state index contributed by atoms with van der Waals surface area (Å²) in [5, 5.41) is 17.7. The summed E-state index contributed by atoms with van der Waals surface area (Å²) >= 11 is 5.57. The fourth-order valence-corrected chi connectivity index (χ4v) is 1.03. The number of aromatic nitrogens is 1. The van der Waals surface area contributed by atoms with Gasteiger partial charge in [-0.05, 0) is 12.1 Å². The van der Waals surface area contributed by atoms with Crippen LogP contribution in [0.3, 0.4) is 0 Å². The van der Waals surface area contributed by atoms with Crippen LogP contribution in [-0.2, 0) is 11.2 Å². The molecular formula is C8H8ClNO3. The molecule has 0 fully saturated rings. The number of aliphatic hydroxyl groups is 1. The molecule has 0 amide bonds. The number of nitrogens with zero attached hydrogens (tertiary/aromatic N) is 1. The van der Waals surface area contributed by atoms with E-state index in [1.165, 1.54) is 0 Å². The first kappa shape index (κ1) is 9.95. The molecule has 1 aromatic heterocycles. The lowest BCUT2D eigenvalue weighted by Gasteiger charge is -2.04. The number of hydrogen-bond donors (Lipinski definition) is 2. The summed E-state index contributed by atoms with van der Waals surface area (Å²) < 4.78 is 0. The van der Waals surface area contributed by atoms with Gasteiger partial charge in [-0.15, -0.1) is 0 Å². The second kappa shape index (κ2) is 4.20. The predicted octanol–water partition coefficient (Wildman–Crippen LogP) is 0.723. The van der Waals surface area contributed by atoms with Gasteiger partial charge >= 0.3 is 5.97 Å². The molecule has 70 valence electrons. The fourth-order valence-electron chi connectivity index (χ4n) is 0.849. The third kappa shape index (κ3) is 3.01. The molecule has 5 heteroatoms. The summed E-state index contributed by atoms with van der Waals surface area (Å²) in [4.78, 5) is 14.1. The van der Waals surface area contributed by atoms with Crippen molar-refractivity contribution in [3.05, 3.63) is 29.0 Å². The van der Waals surface area contributed by atoms with Gasteiger partial charge in [0.15, 0.2) is 6.10 Å². The second-order valence-electron chi connectivity index (χ2n) is 2.51. The van der Waals surface area contributed by atoms with Gasteiger partial charge in [0.25, 0.3) is 0 Å². The van der Waals surface area contributed by atoms with Crippen molar-refractivity contribution in [2.24, 2.45) is 0 Å². The largest absolute Gasteiger partial charge is 0.479 e. The molecule has 0 aliphatic heterocycles. The van der Waals surface area contributed by atoms with Crippen molar-refractivity contribution in [3.63, 3.8) is 0 Å². The summed E-state index contributed by atoms with van der Waals surface area (Å²) in [7, 11) is 0. The summed E-state index contributed by atoms with van der Waals surface area (Å²) in [6.07, 6.45) is -1.46. The van der Waals surface area contributed by atoms with Crippen LogP contribution in [0.2, 0.25) is 5.15 Å². The van der Waals surface area contributed by atoms with E-state index in [0.717, 1.165) is 0 Å². The highest BCUT2D eigenvalue weighted by Crippen LogP contribution is 2.07. The van der Waals surface area contributed by atoms with Crippen LogP contribution in [0.15, 0.2) is 18.2 Å². The highest BCUT2D eigenvalue weighted by molar-refractivity contribution is 6.29. The maximum atomic E-state index is 10.3. The first-order chi connectivity index (χ1) is 6.09. The average Bonchev–Trinajstić information content (AvgIpc) is 2.04. The zero-order valence-electron chi connectivity index (χ0n) is 6.64. The maximum Gasteiger partial charge on any atom is 0.332 e. The van der Waals surface area contributed by atoms with Crippen LogP contribution in [0.5, 0.6) is 0 Å². The van der Waals surface area contributed by atoms with Gasteiger partial charge in [0, 0.05) is 12.1 Å². The molecule has 0 bridgehead atoms. The van der Waals surface area contributed by atoms with Crippen LogP contribution in [0, 0.1) is 0 Å². The van der Waals surface area contributed by atoms with Crippen molar-refractivity contribution in [1.29, 1.82) is 0 Å². The van der Waals surface area contributed by atoms with E-state index in [4.69, 9.17) is 21.8 Å². The summed E-state index contributed by atoms with van der Waals surface area (Å²) in [5.41, 5.74) is 0.461. The molecule has 1 rings (SSSR count). The smallest absolute Gasteiger partial charge is 0.332 e. The van der Waals surface area contributed by atoms with Gasteiger partial charge in [-0.2, -0.15) is 0 Å². The number of halogens is 1. The molecule has 1 unspecified atom stereocenters. The summed E-state index contributed by atoms with van der Waals surface area (Å²) in [5.74, 6) is -1.26. The third-order valence-electron chi connectivity index (χ3n) is 1.46. The van der Waals surface area contributed by atoms with E-state index in [-0.39, 0.29) is 11.6 Å². The Labute approximate surface area is 79.8 Å². The van der Waals surface area contributed by atoms with Crippen molar-refractivity contribution < 1.29 is 15.0 Å². The van der Waals surface area contributed by atoms with Gasteiger partial charge in [0.05, 0.1) is 0 Å². The Bertz CT molecular complexity index is 316. The molecule has 0 aliphatic carbocycles. The molecule has 0 radical (unpaired) electrons. The molecule has 0 aliphatic rings. The minimum atomic E-state index is -1.43. The Morgan fingerprint density at radius 2 is 2.31 bits per heavy atom. The van der Waals surface area contributed by atoms with Crippen molar-refractivity contribution in [2.45, 2.75) is 12.5 Å². The van der Waals surface area contributed by atoms with E-state index in [1.807, 2.05) is 0 Å².